The number of likely N-dealkylation sites (tertiary alicyclic amines) is 1. The highest BCUT2D eigenvalue weighted by Gasteiger charge is 2.22. The Balaban J connectivity index is 0.00000261. The van der Waals surface area contributed by atoms with Crippen molar-refractivity contribution < 1.29 is 4.74 Å². The number of halogens is 1. The molecule has 2 aliphatic heterocycles. The summed E-state index contributed by atoms with van der Waals surface area (Å²) in [7, 11) is 5.72. The summed E-state index contributed by atoms with van der Waals surface area (Å²) in [5.41, 5.74) is 0. The number of aryl methyl sites for hydroxylation is 1. The van der Waals surface area contributed by atoms with Crippen LogP contribution in [-0.2, 0) is 24.3 Å². The van der Waals surface area contributed by atoms with Gasteiger partial charge >= 0.3 is 0 Å². The molecule has 0 spiro atoms. The maximum Gasteiger partial charge on any atom is 0.191 e. The third-order valence-corrected chi connectivity index (χ3v) is 5.42. The van der Waals surface area contributed by atoms with E-state index in [9.17, 15) is 0 Å². The second kappa shape index (κ2) is 11.2. The van der Waals surface area contributed by atoms with Gasteiger partial charge in [-0.1, -0.05) is 0 Å². The van der Waals surface area contributed by atoms with E-state index in [1.165, 1.54) is 32.4 Å². The average molecular weight is 491 g/mol. The minimum atomic E-state index is 0. The van der Waals surface area contributed by atoms with Crippen molar-refractivity contribution >= 4 is 29.9 Å². The van der Waals surface area contributed by atoms with Crippen molar-refractivity contribution in [3.8, 4) is 0 Å². The number of aliphatic imine (C=N–C) groups is 1. The number of methoxy groups -OCH3 is 1. The van der Waals surface area contributed by atoms with Gasteiger partial charge in [0, 0.05) is 33.2 Å². The van der Waals surface area contributed by atoms with Crippen LogP contribution in [0, 0.1) is 5.92 Å². The Labute approximate surface area is 179 Å². The smallest absolute Gasteiger partial charge is 0.191 e. The summed E-state index contributed by atoms with van der Waals surface area (Å²) < 4.78 is 7.13. The van der Waals surface area contributed by atoms with Crippen molar-refractivity contribution in [1.29, 1.82) is 0 Å². The maximum atomic E-state index is 5.13. The van der Waals surface area contributed by atoms with Crippen LogP contribution in [0.1, 0.15) is 37.3 Å². The fraction of sp³-hybridized carbons (Fsp3) is 0.833. The molecule has 0 saturated carbocycles. The van der Waals surface area contributed by atoms with Crippen LogP contribution in [0.4, 0.5) is 0 Å². The van der Waals surface area contributed by atoms with Crippen molar-refractivity contribution in [2.24, 2.45) is 10.9 Å². The molecule has 1 fully saturated rings. The largest absolute Gasteiger partial charge is 0.377 e. The van der Waals surface area contributed by atoms with E-state index >= 15 is 0 Å². The zero-order valence-corrected chi connectivity index (χ0v) is 19.1. The van der Waals surface area contributed by atoms with Crippen LogP contribution in [-0.4, -0.2) is 72.5 Å². The standard InChI is InChI=1S/C18H33N7O.HI/c1-19-18(20-9-6-14-7-10-24(2)11-8-14)21-15-4-5-17-22-16(13-26-3)23-25(17)12-15;/h14-15H,4-13H2,1-3H3,(H2,19,20,21);1H. The molecule has 1 saturated heterocycles. The minimum Gasteiger partial charge on any atom is -0.377 e. The van der Waals surface area contributed by atoms with Gasteiger partial charge in [-0.05, 0) is 51.7 Å². The number of fused-ring (bicyclic) bond motifs is 1. The van der Waals surface area contributed by atoms with Crippen molar-refractivity contribution in [2.75, 3.05) is 40.8 Å². The number of ether oxygens (including phenoxy) is 1. The summed E-state index contributed by atoms with van der Waals surface area (Å²) in [5, 5.41) is 11.6. The molecule has 0 radical (unpaired) electrons. The van der Waals surface area contributed by atoms with Crippen LogP contribution in [0.3, 0.4) is 0 Å². The van der Waals surface area contributed by atoms with E-state index in [1.807, 2.05) is 11.7 Å². The number of nitrogens with one attached hydrogen (secondary N) is 2. The first kappa shape index (κ1) is 22.4. The molecule has 3 rings (SSSR count). The molecule has 8 nitrogen and oxygen atoms in total. The molecule has 0 amide bonds. The fourth-order valence-electron chi connectivity index (χ4n) is 3.80. The second-order valence-electron chi connectivity index (χ2n) is 7.47. The highest BCUT2D eigenvalue weighted by atomic mass is 127. The van der Waals surface area contributed by atoms with E-state index in [0.717, 1.165) is 49.5 Å². The summed E-state index contributed by atoms with van der Waals surface area (Å²) in [6.07, 6.45) is 5.81. The first-order valence-corrected chi connectivity index (χ1v) is 9.75. The Morgan fingerprint density at radius 2 is 2.07 bits per heavy atom. The van der Waals surface area contributed by atoms with Gasteiger partial charge < -0.3 is 20.3 Å². The van der Waals surface area contributed by atoms with Gasteiger partial charge in [0.25, 0.3) is 0 Å². The highest BCUT2D eigenvalue weighted by molar-refractivity contribution is 14.0. The van der Waals surface area contributed by atoms with Gasteiger partial charge in [-0.15, -0.1) is 24.0 Å². The third-order valence-electron chi connectivity index (χ3n) is 5.42. The van der Waals surface area contributed by atoms with Crippen molar-refractivity contribution in [3.63, 3.8) is 0 Å². The molecule has 9 heteroatoms. The molecule has 154 valence electrons. The number of hydrogen-bond acceptors (Lipinski definition) is 5. The van der Waals surface area contributed by atoms with Gasteiger partial charge in [0.15, 0.2) is 11.8 Å². The number of rotatable bonds is 6. The number of aromatic nitrogens is 3. The lowest BCUT2D eigenvalue weighted by molar-refractivity contribution is 0.177. The fourth-order valence-corrected chi connectivity index (χ4v) is 3.80. The van der Waals surface area contributed by atoms with Crippen LogP contribution in [0.25, 0.3) is 0 Å². The normalized spacial score (nSPS) is 21.4. The quantitative estimate of drug-likeness (QED) is 0.355. The highest BCUT2D eigenvalue weighted by Crippen LogP contribution is 2.18. The van der Waals surface area contributed by atoms with Gasteiger partial charge in [-0.3, -0.25) is 4.99 Å². The summed E-state index contributed by atoms with van der Waals surface area (Å²) in [4.78, 5) is 11.3. The SMILES string of the molecule is CN=C(NCCC1CCN(C)CC1)NC1CCc2nc(COC)nn2C1.I. The summed E-state index contributed by atoms with van der Waals surface area (Å²) in [6, 6.07) is 0.328. The molecular weight excluding hydrogens is 457 g/mol. The van der Waals surface area contributed by atoms with Crippen LogP contribution in [0.2, 0.25) is 0 Å². The van der Waals surface area contributed by atoms with Crippen LogP contribution >= 0.6 is 24.0 Å². The number of piperidine rings is 1. The molecule has 2 aliphatic rings. The number of guanidine groups is 1. The van der Waals surface area contributed by atoms with Gasteiger partial charge in [-0.25, -0.2) is 9.67 Å². The molecule has 27 heavy (non-hydrogen) atoms. The van der Waals surface area contributed by atoms with Crippen LogP contribution in [0.15, 0.2) is 4.99 Å². The molecule has 0 aliphatic carbocycles. The van der Waals surface area contributed by atoms with E-state index in [2.05, 4.69) is 37.7 Å². The lowest BCUT2D eigenvalue weighted by Crippen LogP contribution is -2.47. The van der Waals surface area contributed by atoms with Crippen molar-refractivity contribution in [2.45, 2.75) is 51.3 Å². The van der Waals surface area contributed by atoms with E-state index < -0.39 is 0 Å². The molecular formula is C18H34IN7O. The topological polar surface area (TPSA) is 79.6 Å². The van der Waals surface area contributed by atoms with Gasteiger partial charge in [0.1, 0.15) is 12.4 Å². The molecule has 1 unspecified atom stereocenters. The first-order chi connectivity index (χ1) is 12.7. The monoisotopic (exact) mass is 491 g/mol. The molecule has 3 heterocycles. The lowest BCUT2D eigenvalue weighted by Gasteiger charge is -2.29. The lowest BCUT2D eigenvalue weighted by atomic mass is 9.94. The minimum absolute atomic E-state index is 0. The van der Waals surface area contributed by atoms with Crippen LogP contribution < -0.4 is 10.6 Å². The predicted molar refractivity (Wildman–Crippen MR) is 118 cm³/mol. The van der Waals surface area contributed by atoms with E-state index in [-0.39, 0.29) is 24.0 Å². The summed E-state index contributed by atoms with van der Waals surface area (Å²) >= 11 is 0. The number of hydrogen-bond donors (Lipinski definition) is 2. The Kier molecular flexibility index (Phi) is 9.24. The average Bonchev–Trinajstić information content (AvgIpc) is 3.04. The maximum absolute atomic E-state index is 5.13. The zero-order chi connectivity index (χ0) is 18.4. The molecule has 0 aromatic carbocycles. The van der Waals surface area contributed by atoms with Crippen LogP contribution in [0.5, 0.6) is 0 Å². The van der Waals surface area contributed by atoms with Gasteiger partial charge in [0.05, 0.1) is 6.54 Å². The molecule has 1 aromatic rings. The molecule has 0 bridgehead atoms. The Hall–Kier alpha value is -0.940. The Bertz CT molecular complexity index is 599. The third kappa shape index (κ3) is 6.56. The van der Waals surface area contributed by atoms with E-state index in [0.29, 0.717) is 12.6 Å². The van der Waals surface area contributed by atoms with Gasteiger partial charge in [0.2, 0.25) is 0 Å². The summed E-state index contributed by atoms with van der Waals surface area (Å²) in [6.45, 7) is 4.73. The Morgan fingerprint density at radius 1 is 1.30 bits per heavy atom. The second-order valence-corrected chi connectivity index (χ2v) is 7.47. The van der Waals surface area contributed by atoms with E-state index in [1.54, 1.807) is 7.11 Å². The molecule has 1 aromatic heterocycles. The molecule has 2 N–H and O–H groups in total. The Morgan fingerprint density at radius 3 is 2.78 bits per heavy atom. The van der Waals surface area contributed by atoms with Crippen molar-refractivity contribution in [1.82, 2.24) is 30.3 Å². The van der Waals surface area contributed by atoms with E-state index in [4.69, 9.17) is 4.74 Å². The first-order valence-electron chi connectivity index (χ1n) is 9.75. The van der Waals surface area contributed by atoms with Gasteiger partial charge in [-0.2, -0.15) is 5.10 Å². The number of nitrogens with zero attached hydrogens (tertiary/aromatic N) is 5. The molecule has 1 atom stereocenters. The zero-order valence-electron chi connectivity index (χ0n) is 16.8. The van der Waals surface area contributed by atoms with Crippen molar-refractivity contribution in [3.05, 3.63) is 11.6 Å². The summed E-state index contributed by atoms with van der Waals surface area (Å²) in [5.74, 6) is 3.55. The predicted octanol–water partition coefficient (Wildman–Crippen LogP) is 1.25.